The summed E-state index contributed by atoms with van der Waals surface area (Å²) in [6, 6.07) is 29.0. The van der Waals surface area contributed by atoms with Gasteiger partial charge in [-0.1, -0.05) is 47.5 Å². The van der Waals surface area contributed by atoms with E-state index in [1.165, 1.54) is 110 Å². The molecule has 8 heterocycles. The van der Waals surface area contributed by atoms with Crippen molar-refractivity contribution in [3.05, 3.63) is 151 Å². The predicted molar refractivity (Wildman–Crippen MR) is 345 cm³/mol. The third-order valence-electron chi connectivity index (χ3n) is 13.7. The lowest BCUT2D eigenvalue weighted by Crippen LogP contribution is -2.41. The van der Waals surface area contributed by atoms with Gasteiger partial charge in [0.05, 0.1) is 88.3 Å². The highest BCUT2D eigenvalue weighted by Gasteiger charge is 2.43. The van der Waals surface area contributed by atoms with Gasteiger partial charge in [0.25, 0.3) is 23.0 Å². The number of ketones is 3. The van der Waals surface area contributed by atoms with Gasteiger partial charge in [0.1, 0.15) is 38.0 Å². The molecule has 0 spiro atoms. The van der Waals surface area contributed by atoms with Crippen molar-refractivity contribution in [3.8, 4) is 0 Å². The Kier molecular flexibility index (Phi) is 16.5. The molecular formula is C62H62Cl3N9O16S2. The van der Waals surface area contributed by atoms with E-state index in [-0.39, 0.29) is 73.4 Å². The quantitative estimate of drug-likeness (QED) is 0.0231. The standard InChI is InChI=1S/C23H20N2O6.C20H19ClN2O5S.C14H17N3O4.C5H2Cl2OS.H4N2/c26-20-13-30-10-9-24(20)14-5-7-15(8-6-14)25-12-16(31-23(25)29)11-19-21(27)17-3-1-2-4-18(17)22(19)28;21-18-8-7-17(29-18)16(24)6-5-15-11-23(20(26)28-15)14-3-1-13(2-4-14)22-9-10-27-12-19(22)25;15-7-12-8-17(14(19)21-12)11-3-1-10(2-4-11)16-5-6-20-9-13(16)18;6-4-2-1-3(9-4)5(7)8;1-2/h1-8,16,19H,9-13H2;1-4,7-8,15H,5-6,9-12H2;1-4,12H,5-9,15H2;1-2H;1-2H2/t16-;15-;12-;;/m000../s1/i9D2,10D2,13D2;9D2,10D2,12D2;5D2,6D2,9D2;;. The van der Waals surface area contributed by atoms with Gasteiger partial charge in [-0.3, -0.25) is 59.9 Å². The summed E-state index contributed by atoms with van der Waals surface area (Å²) in [5.41, 5.74) is 6.89. The van der Waals surface area contributed by atoms with E-state index in [1.807, 2.05) is 0 Å². The average Bonchev–Trinajstić information content (AvgIpc) is 0.996. The number of thiophene rings is 2. The number of carbonyl (C=O) groups is 10. The second-order valence-corrected chi connectivity index (χ2v) is 23.1. The summed E-state index contributed by atoms with van der Waals surface area (Å²) in [5, 5.41) is -0.452. The number of hydrogen-bond donors (Lipinski definition) is 3. The van der Waals surface area contributed by atoms with E-state index in [2.05, 4.69) is 25.9 Å². The number of morpholine rings is 3. The van der Waals surface area contributed by atoms with Crippen LogP contribution in [0.1, 0.15) is 84.0 Å². The van der Waals surface area contributed by atoms with Gasteiger partial charge in [-0.2, -0.15) is 0 Å². The van der Waals surface area contributed by atoms with Crippen molar-refractivity contribution >= 4 is 150 Å². The molecule has 2 aromatic heterocycles. The molecule has 6 aliphatic heterocycles. The van der Waals surface area contributed by atoms with Crippen LogP contribution in [0.5, 0.6) is 0 Å². The van der Waals surface area contributed by atoms with Gasteiger partial charge >= 0.3 is 18.3 Å². The van der Waals surface area contributed by atoms with Gasteiger partial charge in [-0.05, 0) is 115 Å². The van der Waals surface area contributed by atoms with E-state index in [0.29, 0.717) is 67.7 Å². The Morgan fingerprint density at radius 3 is 1.18 bits per heavy atom. The summed E-state index contributed by atoms with van der Waals surface area (Å²) >= 11 is 18.9. The molecule has 25 nitrogen and oxygen atoms in total. The van der Waals surface area contributed by atoms with Crippen molar-refractivity contribution in [1.82, 2.24) is 0 Å². The number of hydrazine groups is 1. The van der Waals surface area contributed by atoms with Gasteiger partial charge in [0.2, 0.25) is 0 Å². The number of fused-ring (bicyclic) bond motifs is 1. The first kappa shape index (κ1) is 47.7. The van der Waals surface area contributed by atoms with E-state index < -0.39 is 124 Å². The van der Waals surface area contributed by atoms with Crippen molar-refractivity contribution in [2.75, 3.05) is 114 Å². The molecular weight excluding hydrogens is 1300 g/mol. The van der Waals surface area contributed by atoms with Crippen LogP contribution in [0, 0.1) is 5.92 Å². The fourth-order valence-electron chi connectivity index (χ4n) is 9.37. The van der Waals surface area contributed by atoms with Crippen LogP contribution >= 0.6 is 57.5 Å². The maximum Gasteiger partial charge on any atom is 0.414 e. The minimum atomic E-state index is -3.15. The van der Waals surface area contributed by atoms with E-state index in [9.17, 15) is 47.9 Å². The van der Waals surface area contributed by atoms with E-state index >= 15 is 0 Å². The minimum absolute atomic E-state index is 0.0132. The molecule has 6 fully saturated rings. The Morgan fingerprint density at radius 1 is 0.489 bits per heavy atom. The summed E-state index contributed by atoms with van der Waals surface area (Å²) in [5.74, 6) is 2.11. The van der Waals surface area contributed by atoms with Crippen LogP contribution in [0.25, 0.3) is 0 Å². The first-order chi connectivity index (χ1) is 51.1. The number of rotatable bonds is 14. The number of carbonyl (C=O) groups excluding carboxylic acids is 10. The third-order valence-corrected chi connectivity index (χ3v) is 16.5. The number of ether oxygens (including phenoxy) is 6. The van der Waals surface area contributed by atoms with Crippen LogP contribution in [0.15, 0.2) is 121 Å². The van der Waals surface area contributed by atoms with Gasteiger partial charge in [-0.25, -0.2) is 14.4 Å². The van der Waals surface area contributed by atoms with Crippen molar-refractivity contribution < 1.29 is 101 Å². The normalized spacial score (nSPS) is 27.4. The Bertz CT molecular complexity index is 4540. The SMILES string of the molecule is NN.O=C(Cl)c1ccc(Cl)s1.[2H]C1([2H])OC([2H])([2H])C([2H])([2H])N(c2ccc(N3C[C@H](CC4C(=O)c5ccccc5C4=O)OC3=O)cc2)C1=O.[2H]C1([2H])OC([2H])([2H])C([2H])([2H])N(c2ccc(N3C[C@H](CCC(=O)c4ccc(Cl)s4)OC3=O)cc2)C1=O.[2H]C1([2H])OC([2H])([2H])C([2H])([2H])N(c2ccc(N3C[C@H](CN)OC3=O)cc2)C1=O. The zero-order chi connectivity index (χ0) is 81.7. The Balaban J connectivity index is 0.000000179. The predicted octanol–water partition coefficient (Wildman–Crippen LogP) is 8.15. The lowest BCUT2D eigenvalue weighted by Gasteiger charge is -2.27. The molecule has 3 atom stereocenters. The molecule has 484 valence electrons. The molecule has 4 aromatic carbocycles. The molecule has 0 bridgehead atoms. The van der Waals surface area contributed by atoms with Crippen molar-refractivity contribution in [1.29, 1.82) is 0 Å². The van der Waals surface area contributed by atoms with E-state index in [4.69, 9.17) is 79.4 Å². The number of nitrogens with two attached hydrogens (primary N) is 3. The number of anilines is 6. The first-order valence-corrected chi connectivity index (χ1v) is 29.7. The monoisotopic (exact) mass is 1380 g/mol. The van der Waals surface area contributed by atoms with Crippen LogP contribution < -0.4 is 46.8 Å². The topological polar surface area (TPSA) is 324 Å². The number of halogens is 3. The van der Waals surface area contributed by atoms with Crippen LogP contribution in [0.4, 0.5) is 48.5 Å². The van der Waals surface area contributed by atoms with Gasteiger partial charge in [0, 0.05) is 84.1 Å². The lowest BCUT2D eigenvalue weighted by molar-refractivity contribution is -0.126. The second-order valence-electron chi connectivity index (χ2n) is 19.3. The maximum atomic E-state index is 12.7. The van der Waals surface area contributed by atoms with Crippen molar-refractivity contribution in [2.24, 2.45) is 23.3 Å². The van der Waals surface area contributed by atoms with E-state index in [1.54, 1.807) is 48.5 Å². The minimum Gasteiger partial charge on any atom is -0.444 e. The van der Waals surface area contributed by atoms with Gasteiger partial charge in [-0.15, -0.1) is 22.7 Å². The van der Waals surface area contributed by atoms with Crippen molar-refractivity contribution in [3.63, 3.8) is 0 Å². The number of nitrogens with zero attached hydrogens (tertiary/aromatic N) is 6. The number of amides is 6. The molecule has 7 aliphatic rings. The Labute approximate surface area is 575 Å². The lowest BCUT2D eigenvalue weighted by atomic mass is 9.96. The van der Waals surface area contributed by atoms with Crippen LogP contribution in [-0.4, -0.2) is 162 Å². The zero-order valence-electron chi connectivity index (χ0n) is 65.2. The summed E-state index contributed by atoms with van der Waals surface area (Å²) in [6.45, 7) is -27.0. The molecule has 6 N–H and O–H groups in total. The third kappa shape index (κ3) is 16.7. The van der Waals surface area contributed by atoms with Crippen molar-refractivity contribution in [2.45, 2.75) is 37.6 Å². The Hall–Kier alpha value is -8.19. The molecule has 6 aromatic rings. The number of benzene rings is 4. The number of Topliss-reactive ketones (excluding diaryl/α,β-unsaturated/α-hetero) is 3. The fourth-order valence-corrected chi connectivity index (χ4v) is 11.4. The van der Waals surface area contributed by atoms with Crippen LogP contribution in [0.3, 0.4) is 0 Å². The smallest absolute Gasteiger partial charge is 0.414 e. The van der Waals surface area contributed by atoms with Crippen LogP contribution in [0.2, 0.25) is 8.67 Å². The first-order valence-electron chi connectivity index (χ1n) is 35.9. The second kappa shape index (κ2) is 31.9. The highest BCUT2D eigenvalue weighted by atomic mass is 35.5. The highest BCUT2D eigenvalue weighted by molar-refractivity contribution is 7.19. The molecule has 0 saturated carbocycles. The van der Waals surface area contributed by atoms with Gasteiger partial charge < -0.3 is 48.9 Å². The molecule has 6 amide bonds. The molecule has 0 radical (unpaired) electrons. The van der Waals surface area contributed by atoms with Gasteiger partial charge in [0.15, 0.2) is 17.3 Å². The zero-order valence-corrected chi connectivity index (χ0v) is 51.1. The molecule has 13 rings (SSSR count). The molecule has 0 unspecified atom stereocenters. The molecule has 30 heteroatoms. The molecule has 1 aliphatic carbocycles. The molecule has 6 saturated heterocycles. The fraction of sp³-hybridized carbons (Fsp3) is 0.323. The summed E-state index contributed by atoms with van der Waals surface area (Å²) in [6.07, 6.45) is -3.20. The summed E-state index contributed by atoms with van der Waals surface area (Å²) < 4.78 is 170. The van der Waals surface area contributed by atoms with Crippen LogP contribution in [-0.2, 0) is 42.8 Å². The summed E-state index contributed by atoms with van der Waals surface area (Å²) in [4.78, 5) is 128. The average molecular weight is 1380 g/mol. The number of cyclic esters (lactones) is 3. The van der Waals surface area contributed by atoms with E-state index in [0.717, 1.165) is 0 Å². The highest BCUT2D eigenvalue weighted by Crippen LogP contribution is 2.35. The Morgan fingerprint density at radius 2 is 0.837 bits per heavy atom. The molecule has 92 heavy (non-hydrogen) atoms. The summed E-state index contributed by atoms with van der Waals surface area (Å²) in [7, 11) is 0. The maximum absolute atomic E-state index is 12.7. The number of hydrogen-bond acceptors (Lipinski definition) is 21. The largest absolute Gasteiger partial charge is 0.444 e.